The highest BCUT2D eigenvalue weighted by atomic mass is 16.6. The highest BCUT2D eigenvalue weighted by Crippen LogP contribution is 2.11. The lowest BCUT2D eigenvalue weighted by molar-refractivity contribution is -0.129. The van der Waals surface area contributed by atoms with Gasteiger partial charge in [-0.3, -0.25) is 9.59 Å². The van der Waals surface area contributed by atoms with Gasteiger partial charge in [-0.05, 0) is 78.6 Å². The summed E-state index contributed by atoms with van der Waals surface area (Å²) in [7, 11) is 0. The van der Waals surface area contributed by atoms with Crippen LogP contribution in [0, 0.1) is 0 Å². The molecule has 0 aromatic carbocycles. The molecule has 1 atom stereocenters. The van der Waals surface area contributed by atoms with Crippen molar-refractivity contribution in [1.29, 1.82) is 0 Å². The minimum atomic E-state index is -0.534. The van der Waals surface area contributed by atoms with E-state index in [1.165, 1.54) is 77.0 Å². The molecule has 0 aliphatic heterocycles. The van der Waals surface area contributed by atoms with Crippen molar-refractivity contribution in [3.8, 4) is 0 Å². The molecule has 3 amide bonds. The summed E-state index contributed by atoms with van der Waals surface area (Å²) in [6.45, 7) is 11.1. The average molecular weight is 608 g/mol. The smallest absolute Gasteiger partial charge is 0.407 e. The molecule has 0 aliphatic carbocycles. The van der Waals surface area contributed by atoms with Crippen LogP contribution in [-0.2, 0) is 14.3 Å². The van der Waals surface area contributed by atoms with Gasteiger partial charge >= 0.3 is 6.09 Å². The standard InChI is InChI=1S/C36H69N3O4/c1-6-8-10-12-13-14-15-16-17-18-19-20-21-22-24-29-33(40)39-32(34(41)37-30-26-23-11-9-7-2)28-25-27-31-38-35(42)43-36(3,4)5/h16-17,32H,6-15,18-31H2,1-5H3,(H,37,41)(H,38,42)(H,39,40)/b17-16-. The van der Waals surface area contributed by atoms with Crippen LogP contribution in [0.4, 0.5) is 4.79 Å². The number of ether oxygens (including phenoxy) is 1. The van der Waals surface area contributed by atoms with Gasteiger partial charge in [0.2, 0.25) is 11.8 Å². The lowest BCUT2D eigenvalue weighted by Crippen LogP contribution is -2.47. The van der Waals surface area contributed by atoms with Crippen LogP contribution in [0.3, 0.4) is 0 Å². The Balaban J connectivity index is 4.23. The van der Waals surface area contributed by atoms with Crippen LogP contribution in [0.15, 0.2) is 12.2 Å². The van der Waals surface area contributed by atoms with Gasteiger partial charge in [-0.15, -0.1) is 0 Å². The van der Waals surface area contributed by atoms with E-state index in [0.717, 1.165) is 44.9 Å². The molecule has 0 saturated heterocycles. The second-order valence-electron chi connectivity index (χ2n) is 13.1. The molecule has 0 aromatic rings. The van der Waals surface area contributed by atoms with E-state index < -0.39 is 17.7 Å². The molecule has 0 saturated carbocycles. The van der Waals surface area contributed by atoms with Crippen LogP contribution >= 0.6 is 0 Å². The Labute approximate surface area is 265 Å². The van der Waals surface area contributed by atoms with Crippen molar-refractivity contribution in [3.05, 3.63) is 12.2 Å². The highest BCUT2D eigenvalue weighted by Gasteiger charge is 2.20. The molecule has 0 heterocycles. The number of hydrogen-bond acceptors (Lipinski definition) is 4. The molecule has 252 valence electrons. The summed E-state index contributed by atoms with van der Waals surface area (Å²) in [5, 5.41) is 8.77. The molecule has 7 heteroatoms. The number of carbonyl (C=O) groups excluding carboxylic acids is 3. The number of unbranched alkanes of at least 4 members (excludes halogenated alkanes) is 16. The summed E-state index contributed by atoms with van der Waals surface area (Å²) >= 11 is 0. The first-order valence-electron chi connectivity index (χ1n) is 17.9. The van der Waals surface area contributed by atoms with Gasteiger partial charge in [-0.2, -0.15) is 0 Å². The monoisotopic (exact) mass is 608 g/mol. The van der Waals surface area contributed by atoms with Gasteiger partial charge in [0.1, 0.15) is 11.6 Å². The van der Waals surface area contributed by atoms with Crippen molar-refractivity contribution >= 4 is 17.9 Å². The van der Waals surface area contributed by atoms with Crippen molar-refractivity contribution in [2.24, 2.45) is 0 Å². The Bertz CT molecular complexity index is 718. The minimum absolute atomic E-state index is 0.0485. The molecule has 0 rings (SSSR count). The Morgan fingerprint density at radius 3 is 1.70 bits per heavy atom. The summed E-state index contributed by atoms with van der Waals surface area (Å²) in [6.07, 6.45) is 28.3. The largest absolute Gasteiger partial charge is 0.444 e. The lowest BCUT2D eigenvalue weighted by atomic mass is 10.1. The SMILES string of the molecule is CCCCCCCC/C=C\CCCCCCCC(=O)NC(CCCCNC(=O)OC(C)(C)C)C(=O)NCCCCCCC. The van der Waals surface area contributed by atoms with Crippen molar-refractivity contribution in [1.82, 2.24) is 16.0 Å². The number of nitrogens with one attached hydrogen (secondary N) is 3. The fourth-order valence-electron chi connectivity index (χ4n) is 4.93. The average Bonchev–Trinajstić information content (AvgIpc) is 2.95. The van der Waals surface area contributed by atoms with E-state index in [4.69, 9.17) is 4.74 Å². The van der Waals surface area contributed by atoms with Crippen molar-refractivity contribution in [3.63, 3.8) is 0 Å². The number of alkyl carbamates (subject to hydrolysis) is 1. The van der Waals surface area contributed by atoms with Gasteiger partial charge < -0.3 is 20.7 Å². The predicted molar refractivity (Wildman–Crippen MR) is 181 cm³/mol. The Morgan fingerprint density at radius 2 is 1.12 bits per heavy atom. The van der Waals surface area contributed by atoms with Crippen LogP contribution in [0.5, 0.6) is 0 Å². The van der Waals surface area contributed by atoms with E-state index in [0.29, 0.717) is 32.4 Å². The van der Waals surface area contributed by atoms with E-state index >= 15 is 0 Å². The van der Waals surface area contributed by atoms with Crippen molar-refractivity contribution < 1.29 is 19.1 Å². The van der Waals surface area contributed by atoms with Crippen molar-refractivity contribution in [2.75, 3.05) is 13.1 Å². The molecule has 0 spiro atoms. The summed E-state index contributed by atoms with van der Waals surface area (Å²) in [5.41, 5.74) is -0.530. The number of amides is 3. The third kappa shape index (κ3) is 29.8. The van der Waals surface area contributed by atoms with Gasteiger partial charge in [0.15, 0.2) is 0 Å². The Hall–Kier alpha value is -2.05. The molecular weight excluding hydrogens is 538 g/mol. The van der Waals surface area contributed by atoms with Gasteiger partial charge in [0, 0.05) is 19.5 Å². The quantitative estimate of drug-likeness (QED) is 0.0610. The van der Waals surface area contributed by atoms with E-state index in [-0.39, 0.29) is 11.8 Å². The summed E-state index contributed by atoms with van der Waals surface area (Å²) in [6, 6.07) is -0.534. The molecular formula is C36H69N3O4. The normalized spacial score (nSPS) is 12.3. The first kappa shape index (κ1) is 41.0. The zero-order valence-corrected chi connectivity index (χ0v) is 28.8. The highest BCUT2D eigenvalue weighted by molar-refractivity contribution is 5.87. The number of allylic oxidation sites excluding steroid dienone is 2. The fraction of sp³-hybridized carbons (Fsp3) is 0.861. The zero-order chi connectivity index (χ0) is 32.0. The van der Waals surface area contributed by atoms with E-state index in [1.807, 2.05) is 20.8 Å². The number of rotatable bonds is 28. The van der Waals surface area contributed by atoms with Gasteiger partial charge in [-0.25, -0.2) is 4.79 Å². The Morgan fingerprint density at radius 1 is 0.628 bits per heavy atom. The predicted octanol–water partition coefficient (Wildman–Crippen LogP) is 9.29. The minimum Gasteiger partial charge on any atom is -0.444 e. The summed E-state index contributed by atoms with van der Waals surface area (Å²) in [4.78, 5) is 37.4. The van der Waals surface area contributed by atoms with Gasteiger partial charge in [-0.1, -0.05) is 103 Å². The van der Waals surface area contributed by atoms with Crippen LogP contribution in [0.2, 0.25) is 0 Å². The second kappa shape index (κ2) is 28.7. The van der Waals surface area contributed by atoms with Crippen LogP contribution < -0.4 is 16.0 Å². The Kier molecular flexibility index (Phi) is 27.3. The first-order valence-corrected chi connectivity index (χ1v) is 17.9. The molecule has 0 bridgehead atoms. The third-order valence-electron chi connectivity index (χ3n) is 7.48. The van der Waals surface area contributed by atoms with Crippen LogP contribution in [-0.4, -0.2) is 42.6 Å². The van der Waals surface area contributed by atoms with E-state index in [1.54, 1.807) is 0 Å². The summed E-state index contributed by atoms with van der Waals surface area (Å²) in [5.74, 6) is -0.152. The second-order valence-corrected chi connectivity index (χ2v) is 13.1. The van der Waals surface area contributed by atoms with E-state index in [9.17, 15) is 14.4 Å². The zero-order valence-electron chi connectivity index (χ0n) is 28.8. The van der Waals surface area contributed by atoms with Crippen LogP contribution in [0.1, 0.15) is 176 Å². The number of hydrogen-bond donors (Lipinski definition) is 3. The topological polar surface area (TPSA) is 96.5 Å². The van der Waals surface area contributed by atoms with E-state index in [2.05, 4.69) is 41.9 Å². The van der Waals surface area contributed by atoms with Crippen LogP contribution in [0.25, 0.3) is 0 Å². The molecule has 3 N–H and O–H groups in total. The molecule has 43 heavy (non-hydrogen) atoms. The maximum atomic E-state index is 12.9. The molecule has 0 aliphatic rings. The molecule has 0 fully saturated rings. The third-order valence-corrected chi connectivity index (χ3v) is 7.48. The van der Waals surface area contributed by atoms with Crippen molar-refractivity contribution in [2.45, 2.75) is 188 Å². The first-order chi connectivity index (χ1) is 20.7. The maximum Gasteiger partial charge on any atom is 0.407 e. The molecule has 0 radical (unpaired) electrons. The molecule has 1 unspecified atom stereocenters. The fourth-order valence-corrected chi connectivity index (χ4v) is 4.93. The lowest BCUT2D eigenvalue weighted by Gasteiger charge is -2.20. The maximum absolute atomic E-state index is 12.9. The summed E-state index contributed by atoms with van der Waals surface area (Å²) < 4.78 is 5.27. The van der Waals surface area contributed by atoms with Gasteiger partial charge in [0.05, 0.1) is 0 Å². The molecule has 0 aromatic heterocycles. The molecule has 7 nitrogen and oxygen atoms in total. The van der Waals surface area contributed by atoms with Gasteiger partial charge in [0.25, 0.3) is 0 Å². The number of carbonyl (C=O) groups is 3.